The molecule has 1 aliphatic rings. The predicted octanol–water partition coefficient (Wildman–Crippen LogP) is 0.448. The summed E-state index contributed by atoms with van der Waals surface area (Å²) in [4.78, 5) is 5.11. The standard InChI is InChI=1S/C9H14N2O2S2/c10-9(3-8-4-11-6-14-8)7-1-2-15(12,13)5-7/h4,6-7,9H,1-3,5,10H2. The van der Waals surface area contributed by atoms with Gasteiger partial charge in [-0.15, -0.1) is 11.3 Å². The van der Waals surface area contributed by atoms with E-state index >= 15 is 0 Å². The molecule has 1 fully saturated rings. The molecule has 0 aromatic carbocycles. The molecule has 15 heavy (non-hydrogen) atoms. The van der Waals surface area contributed by atoms with Crippen LogP contribution in [0.25, 0.3) is 0 Å². The highest BCUT2D eigenvalue weighted by molar-refractivity contribution is 7.91. The summed E-state index contributed by atoms with van der Waals surface area (Å²) in [5.41, 5.74) is 7.78. The fourth-order valence-corrected chi connectivity index (χ4v) is 4.47. The van der Waals surface area contributed by atoms with Crippen molar-refractivity contribution in [2.24, 2.45) is 11.7 Å². The van der Waals surface area contributed by atoms with Gasteiger partial charge in [-0.1, -0.05) is 0 Å². The summed E-state index contributed by atoms with van der Waals surface area (Å²) in [5.74, 6) is 0.679. The largest absolute Gasteiger partial charge is 0.327 e. The van der Waals surface area contributed by atoms with Crippen LogP contribution in [0.3, 0.4) is 0 Å². The van der Waals surface area contributed by atoms with E-state index in [1.807, 2.05) is 0 Å². The molecule has 4 nitrogen and oxygen atoms in total. The molecular formula is C9H14N2O2S2. The first-order valence-electron chi connectivity index (χ1n) is 4.90. The first kappa shape index (κ1) is 11.0. The number of nitrogens with zero attached hydrogens (tertiary/aromatic N) is 1. The summed E-state index contributed by atoms with van der Waals surface area (Å²) in [6.45, 7) is 0. The first-order chi connectivity index (χ1) is 7.07. The van der Waals surface area contributed by atoms with Crippen molar-refractivity contribution in [1.82, 2.24) is 4.98 Å². The molecule has 1 aromatic heterocycles. The Balaban J connectivity index is 1.95. The Morgan fingerprint density at radius 2 is 2.47 bits per heavy atom. The number of hydrogen-bond donors (Lipinski definition) is 1. The highest BCUT2D eigenvalue weighted by atomic mass is 32.2. The molecule has 0 radical (unpaired) electrons. The van der Waals surface area contributed by atoms with Crippen molar-refractivity contribution < 1.29 is 8.42 Å². The van der Waals surface area contributed by atoms with Gasteiger partial charge in [0, 0.05) is 17.1 Å². The number of thiazole rings is 1. The van der Waals surface area contributed by atoms with E-state index in [0.29, 0.717) is 12.2 Å². The zero-order valence-electron chi connectivity index (χ0n) is 8.30. The second-order valence-electron chi connectivity index (χ2n) is 4.00. The van der Waals surface area contributed by atoms with Gasteiger partial charge in [0.15, 0.2) is 9.84 Å². The zero-order chi connectivity index (χ0) is 10.9. The third-order valence-electron chi connectivity index (χ3n) is 2.79. The summed E-state index contributed by atoms with van der Waals surface area (Å²) in [5, 5.41) is 0. The third-order valence-corrected chi connectivity index (χ3v) is 5.39. The van der Waals surface area contributed by atoms with Crippen LogP contribution >= 0.6 is 11.3 Å². The lowest BCUT2D eigenvalue weighted by molar-refractivity contribution is 0.463. The van der Waals surface area contributed by atoms with Crippen molar-refractivity contribution in [3.8, 4) is 0 Å². The Morgan fingerprint density at radius 1 is 1.67 bits per heavy atom. The van der Waals surface area contributed by atoms with Crippen molar-refractivity contribution in [2.75, 3.05) is 11.5 Å². The summed E-state index contributed by atoms with van der Waals surface area (Å²) >= 11 is 1.57. The number of hydrogen-bond acceptors (Lipinski definition) is 5. The lowest BCUT2D eigenvalue weighted by atomic mass is 9.97. The van der Waals surface area contributed by atoms with Gasteiger partial charge < -0.3 is 5.73 Å². The van der Waals surface area contributed by atoms with Crippen LogP contribution in [-0.2, 0) is 16.3 Å². The van der Waals surface area contributed by atoms with Gasteiger partial charge in [0.25, 0.3) is 0 Å². The summed E-state index contributed by atoms with van der Waals surface area (Å²) < 4.78 is 22.6. The van der Waals surface area contributed by atoms with Gasteiger partial charge in [-0.05, 0) is 18.8 Å². The molecule has 2 rings (SSSR count). The Hall–Kier alpha value is -0.460. The van der Waals surface area contributed by atoms with E-state index in [0.717, 1.165) is 11.3 Å². The van der Waals surface area contributed by atoms with Gasteiger partial charge in [-0.3, -0.25) is 4.98 Å². The predicted molar refractivity (Wildman–Crippen MR) is 60.6 cm³/mol. The van der Waals surface area contributed by atoms with Crippen LogP contribution in [0.4, 0.5) is 0 Å². The van der Waals surface area contributed by atoms with Gasteiger partial charge in [0.2, 0.25) is 0 Å². The summed E-state index contributed by atoms with van der Waals surface area (Å²) in [6.07, 6.45) is 3.25. The van der Waals surface area contributed by atoms with Crippen LogP contribution in [0.2, 0.25) is 0 Å². The van der Waals surface area contributed by atoms with Crippen molar-refractivity contribution >= 4 is 21.2 Å². The molecule has 1 saturated heterocycles. The fraction of sp³-hybridized carbons (Fsp3) is 0.667. The molecule has 1 aliphatic heterocycles. The average molecular weight is 246 g/mol. The molecular weight excluding hydrogens is 232 g/mol. The molecule has 6 heteroatoms. The summed E-state index contributed by atoms with van der Waals surface area (Å²) in [6, 6.07) is -0.0530. The molecule has 1 aromatic rings. The van der Waals surface area contributed by atoms with Crippen molar-refractivity contribution in [2.45, 2.75) is 18.9 Å². The van der Waals surface area contributed by atoms with Crippen LogP contribution in [-0.4, -0.2) is 30.9 Å². The maximum atomic E-state index is 11.3. The van der Waals surface area contributed by atoms with E-state index in [9.17, 15) is 8.42 Å². The summed E-state index contributed by atoms with van der Waals surface area (Å²) in [7, 11) is -2.81. The van der Waals surface area contributed by atoms with E-state index in [1.54, 1.807) is 23.0 Å². The Kier molecular flexibility index (Phi) is 3.08. The molecule has 2 heterocycles. The van der Waals surface area contributed by atoms with E-state index in [1.165, 1.54) is 0 Å². The number of sulfone groups is 1. The topological polar surface area (TPSA) is 73.0 Å². The van der Waals surface area contributed by atoms with Crippen LogP contribution in [0.15, 0.2) is 11.7 Å². The van der Waals surface area contributed by atoms with Crippen LogP contribution in [0.1, 0.15) is 11.3 Å². The van der Waals surface area contributed by atoms with Crippen LogP contribution < -0.4 is 5.73 Å². The molecule has 0 spiro atoms. The maximum absolute atomic E-state index is 11.3. The molecule has 0 aliphatic carbocycles. The van der Waals surface area contributed by atoms with Crippen LogP contribution in [0.5, 0.6) is 0 Å². The lowest BCUT2D eigenvalue weighted by Crippen LogP contribution is -2.32. The lowest BCUT2D eigenvalue weighted by Gasteiger charge is -2.16. The average Bonchev–Trinajstić information content (AvgIpc) is 2.74. The third kappa shape index (κ3) is 2.76. The minimum absolute atomic E-state index is 0.0530. The number of aromatic nitrogens is 1. The fourth-order valence-electron chi connectivity index (χ4n) is 1.90. The minimum Gasteiger partial charge on any atom is -0.327 e. The van der Waals surface area contributed by atoms with Gasteiger partial charge in [0.05, 0.1) is 17.0 Å². The molecule has 2 N–H and O–H groups in total. The van der Waals surface area contributed by atoms with Crippen LogP contribution in [0, 0.1) is 5.92 Å². The maximum Gasteiger partial charge on any atom is 0.150 e. The van der Waals surface area contributed by atoms with Gasteiger partial charge in [-0.2, -0.15) is 0 Å². The van der Waals surface area contributed by atoms with Gasteiger partial charge >= 0.3 is 0 Å². The molecule has 2 atom stereocenters. The minimum atomic E-state index is -2.81. The van der Waals surface area contributed by atoms with Crippen molar-refractivity contribution in [3.63, 3.8) is 0 Å². The van der Waals surface area contributed by atoms with Gasteiger partial charge in [0.1, 0.15) is 0 Å². The van der Waals surface area contributed by atoms with E-state index < -0.39 is 9.84 Å². The van der Waals surface area contributed by atoms with E-state index in [2.05, 4.69) is 4.98 Å². The highest BCUT2D eigenvalue weighted by Crippen LogP contribution is 2.23. The Labute approximate surface area is 93.4 Å². The SMILES string of the molecule is NC(Cc1cncs1)C1CCS(=O)(=O)C1. The van der Waals surface area contributed by atoms with Crippen molar-refractivity contribution in [1.29, 1.82) is 0 Å². The number of nitrogens with two attached hydrogens (primary N) is 1. The normalized spacial score (nSPS) is 26.6. The number of rotatable bonds is 3. The van der Waals surface area contributed by atoms with E-state index in [4.69, 9.17) is 5.73 Å². The van der Waals surface area contributed by atoms with E-state index in [-0.39, 0.29) is 17.7 Å². The monoisotopic (exact) mass is 246 g/mol. The molecule has 0 saturated carbocycles. The Morgan fingerprint density at radius 3 is 3.00 bits per heavy atom. The highest BCUT2D eigenvalue weighted by Gasteiger charge is 2.31. The zero-order valence-corrected chi connectivity index (χ0v) is 9.93. The Bertz CT molecular complexity index is 413. The molecule has 0 amide bonds. The second-order valence-corrected chi connectivity index (χ2v) is 7.20. The first-order valence-corrected chi connectivity index (χ1v) is 7.60. The molecule has 2 unspecified atom stereocenters. The quantitative estimate of drug-likeness (QED) is 0.840. The smallest absolute Gasteiger partial charge is 0.150 e. The van der Waals surface area contributed by atoms with Gasteiger partial charge in [-0.25, -0.2) is 8.42 Å². The second kappa shape index (κ2) is 4.19. The van der Waals surface area contributed by atoms with Crippen molar-refractivity contribution in [3.05, 3.63) is 16.6 Å². The molecule has 84 valence electrons. The molecule has 0 bridgehead atoms.